The van der Waals surface area contributed by atoms with Crippen LogP contribution in [0.2, 0.25) is 5.02 Å². The highest BCUT2D eigenvalue weighted by Crippen LogP contribution is 2.25. The van der Waals surface area contributed by atoms with E-state index in [1.807, 2.05) is 38.1 Å². The predicted octanol–water partition coefficient (Wildman–Crippen LogP) is 4.51. The highest BCUT2D eigenvalue weighted by molar-refractivity contribution is 6.30. The van der Waals surface area contributed by atoms with E-state index in [9.17, 15) is 10.1 Å². The normalized spacial score (nSPS) is 10.9. The van der Waals surface area contributed by atoms with E-state index in [2.05, 4.69) is 5.32 Å². The van der Waals surface area contributed by atoms with Gasteiger partial charge in [-0.05, 0) is 61.4 Å². The fraction of sp³-hybridized carbons (Fsp3) is 0.158. The Balaban J connectivity index is 2.32. The molecule has 24 heavy (non-hydrogen) atoms. The maximum absolute atomic E-state index is 12.4. The molecule has 0 aliphatic carbocycles. The number of hydrogen-bond donors (Lipinski definition) is 1. The fourth-order valence-corrected chi connectivity index (χ4v) is 2.55. The van der Waals surface area contributed by atoms with E-state index >= 15 is 0 Å². The molecule has 0 aliphatic heterocycles. The van der Waals surface area contributed by atoms with E-state index in [0.29, 0.717) is 22.0 Å². The summed E-state index contributed by atoms with van der Waals surface area (Å²) in [6.07, 6.45) is 1.46. The third-order valence-electron chi connectivity index (χ3n) is 3.34. The molecule has 4 nitrogen and oxygen atoms in total. The Morgan fingerprint density at radius 3 is 2.46 bits per heavy atom. The number of methoxy groups -OCH3 is 1. The van der Waals surface area contributed by atoms with Crippen LogP contribution in [0.15, 0.2) is 42.0 Å². The average Bonchev–Trinajstić information content (AvgIpc) is 2.51. The molecule has 2 rings (SSSR count). The number of ether oxygens (including phenoxy) is 1. The summed E-state index contributed by atoms with van der Waals surface area (Å²) in [6, 6.07) is 12.6. The van der Waals surface area contributed by atoms with Crippen molar-refractivity contribution in [1.82, 2.24) is 0 Å². The van der Waals surface area contributed by atoms with Crippen LogP contribution in [0.25, 0.3) is 6.08 Å². The molecule has 0 saturated heterocycles. The van der Waals surface area contributed by atoms with Crippen LogP contribution in [0.5, 0.6) is 5.75 Å². The lowest BCUT2D eigenvalue weighted by molar-refractivity contribution is -0.112. The van der Waals surface area contributed by atoms with E-state index in [1.165, 1.54) is 13.2 Å². The van der Waals surface area contributed by atoms with Crippen LogP contribution in [0.4, 0.5) is 5.69 Å². The number of amides is 1. The molecule has 1 amide bonds. The number of aryl methyl sites for hydroxylation is 2. The van der Waals surface area contributed by atoms with Crippen molar-refractivity contribution in [2.24, 2.45) is 0 Å². The van der Waals surface area contributed by atoms with Gasteiger partial charge in [-0.2, -0.15) is 5.26 Å². The number of nitrogens with zero attached hydrogens (tertiary/aromatic N) is 1. The maximum atomic E-state index is 12.4. The largest absolute Gasteiger partial charge is 0.496 e. The van der Waals surface area contributed by atoms with Gasteiger partial charge < -0.3 is 10.1 Å². The Labute approximate surface area is 146 Å². The van der Waals surface area contributed by atoms with Gasteiger partial charge in [-0.15, -0.1) is 0 Å². The van der Waals surface area contributed by atoms with Crippen molar-refractivity contribution in [3.63, 3.8) is 0 Å². The highest BCUT2D eigenvalue weighted by atomic mass is 35.5. The van der Waals surface area contributed by atoms with Gasteiger partial charge in [-0.25, -0.2) is 0 Å². The molecule has 122 valence electrons. The molecule has 2 aromatic carbocycles. The lowest BCUT2D eigenvalue weighted by Gasteiger charge is -2.08. The minimum Gasteiger partial charge on any atom is -0.496 e. The number of benzene rings is 2. The van der Waals surface area contributed by atoms with Gasteiger partial charge in [0, 0.05) is 16.3 Å². The lowest BCUT2D eigenvalue weighted by atomic mass is 10.1. The number of halogens is 1. The number of nitrogens with one attached hydrogen (secondary N) is 1. The van der Waals surface area contributed by atoms with Crippen molar-refractivity contribution in [3.8, 4) is 11.8 Å². The zero-order valence-electron chi connectivity index (χ0n) is 13.7. The Kier molecular flexibility index (Phi) is 5.62. The van der Waals surface area contributed by atoms with Crippen molar-refractivity contribution < 1.29 is 9.53 Å². The van der Waals surface area contributed by atoms with Crippen LogP contribution in [0.1, 0.15) is 16.7 Å². The summed E-state index contributed by atoms with van der Waals surface area (Å²) in [5.74, 6) is 0.0517. The Morgan fingerprint density at radius 1 is 1.21 bits per heavy atom. The van der Waals surface area contributed by atoms with Gasteiger partial charge in [0.15, 0.2) is 0 Å². The number of anilines is 1. The van der Waals surface area contributed by atoms with Gasteiger partial charge in [-0.1, -0.05) is 17.7 Å². The molecule has 0 unspecified atom stereocenters. The van der Waals surface area contributed by atoms with Crippen molar-refractivity contribution in [2.45, 2.75) is 13.8 Å². The maximum Gasteiger partial charge on any atom is 0.266 e. The molecule has 0 spiro atoms. The van der Waals surface area contributed by atoms with Crippen LogP contribution in [0.3, 0.4) is 0 Å². The first-order valence-electron chi connectivity index (χ1n) is 7.28. The molecular formula is C19H17ClN2O2. The first-order chi connectivity index (χ1) is 11.4. The van der Waals surface area contributed by atoms with Crippen LogP contribution in [-0.2, 0) is 4.79 Å². The third-order valence-corrected chi connectivity index (χ3v) is 3.57. The number of carbonyl (C=O) groups is 1. The monoisotopic (exact) mass is 340 g/mol. The summed E-state index contributed by atoms with van der Waals surface area (Å²) in [5, 5.41) is 12.6. The molecule has 1 N–H and O–H groups in total. The highest BCUT2D eigenvalue weighted by Gasteiger charge is 2.12. The SMILES string of the molecule is COc1ccc(Cl)cc1/C=C(/C#N)C(=O)Nc1cc(C)cc(C)c1. The summed E-state index contributed by atoms with van der Waals surface area (Å²) in [7, 11) is 1.52. The molecule has 0 fully saturated rings. The van der Waals surface area contributed by atoms with E-state index in [-0.39, 0.29) is 5.57 Å². The van der Waals surface area contributed by atoms with Gasteiger partial charge in [0.05, 0.1) is 7.11 Å². The third kappa shape index (κ3) is 4.37. The van der Waals surface area contributed by atoms with E-state index in [0.717, 1.165) is 11.1 Å². The molecule has 0 saturated carbocycles. The van der Waals surface area contributed by atoms with Crippen LogP contribution < -0.4 is 10.1 Å². The lowest BCUT2D eigenvalue weighted by Crippen LogP contribution is -2.13. The molecular weight excluding hydrogens is 324 g/mol. The van der Waals surface area contributed by atoms with Gasteiger partial charge in [-0.3, -0.25) is 4.79 Å². The minimum atomic E-state index is -0.482. The Hall–Kier alpha value is -2.77. The smallest absolute Gasteiger partial charge is 0.266 e. The quantitative estimate of drug-likeness (QED) is 0.658. The van der Waals surface area contributed by atoms with E-state index in [4.69, 9.17) is 16.3 Å². The van der Waals surface area contributed by atoms with Crippen molar-refractivity contribution in [3.05, 3.63) is 63.7 Å². The number of carbonyl (C=O) groups excluding carboxylic acids is 1. The summed E-state index contributed by atoms with van der Waals surface area (Å²) >= 11 is 5.98. The first kappa shape index (κ1) is 17.6. The zero-order chi connectivity index (χ0) is 17.7. The summed E-state index contributed by atoms with van der Waals surface area (Å²) in [5.41, 5.74) is 3.25. The van der Waals surface area contributed by atoms with Gasteiger partial charge >= 0.3 is 0 Å². The van der Waals surface area contributed by atoms with Gasteiger partial charge in [0.1, 0.15) is 17.4 Å². The summed E-state index contributed by atoms with van der Waals surface area (Å²) < 4.78 is 5.23. The topological polar surface area (TPSA) is 62.1 Å². The van der Waals surface area contributed by atoms with E-state index < -0.39 is 5.91 Å². The number of rotatable bonds is 4. The Bertz CT molecular complexity index is 831. The van der Waals surface area contributed by atoms with Crippen molar-refractivity contribution in [1.29, 1.82) is 5.26 Å². The second-order valence-electron chi connectivity index (χ2n) is 5.39. The van der Waals surface area contributed by atoms with E-state index in [1.54, 1.807) is 18.2 Å². The molecule has 0 radical (unpaired) electrons. The summed E-state index contributed by atoms with van der Waals surface area (Å²) in [4.78, 5) is 12.4. The molecule has 0 bridgehead atoms. The fourth-order valence-electron chi connectivity index (χ4n) is 2.37. The molecule has 0 heterocycles. The predicted molar refractivity (Wildman–Crippen MR) is 96.1 cm³/mol. The molecule has 2 aromatic rings. The standard InChI is InChI=1S/C19H17ClN2O2/c1-12-6-13(2)8-17(7-12)22-19(23)15(11-21)9-14-10-16(20)4-5-18(14)24-3/h4-10H,1-3H3,(H,22,23)/b15-9-. The minimum absolute atomic E-state index is 0.0327. The molecule has 0 aromatic heterocycles. The molecule has 0 atom stereocenters. The average molecular weight is 341 g/mol. The van der Waals surface area contributed by atoms with Crippen LogP contribution >= 0.6 is 11.6 Å². The summed E-state index contributed by atoms with van der Waals surface area (Å²) in [6.45, 7) is 3.89. The second kappa shape index (κ2) is 7.67. The zero-order valence-corrected chi connectivity index (χ0v) is 14.4. The van der Waals surface area contributed by atoms with Crippen LogP contribution in [-0.4, -0.2) is 13.0 Å². The van der Waals surface area contributed by atoms with Gasteiger partial charge in [0.25, 0.3) is 5.91 Å². The van der Waals surface area contributed by atoms with Gasteiger partial charge in [0.2, 0.25) is 0 Å². The van der Waals surface area contributed by atoms with Crippen LogP contribution in [0, 0.1) is 25.2 Å². The Morgan fingerprint density at radius 2 is 1.88 bits per heavy atom. The second-order valence-corrected chi connectivity index (χ2v) is 5.82. The number of nitriles is 1. The molecule has 5 heteroatoms. The van der Waals surface area contributed by atoms with Crippen molar-refractivity contribution >= 4 is 29.3 Å². The van der Waals surface area contributed by atoms with Crippen molar-refractivity contribution in [2.75, 3.05) is 12.4 Å². The number of hydrogen-bond acceptors (Lipinski definition) is 3. The first-order valence-corrected chi connectivity index (χ1v) is 7.65. The molecule has 0 aliphatic rings.